The number of benzene rings is 2. The summed E-state index contributed by atoms with van der Waals surface area (Å²) in [6.45, 7) is 10.7. The number of aryl methyl sites for hydroxylation is 3. The van der Waals surface area contributed by atoms with E-state index in [4.69, 9.17) is 9.15 Å². The standard InChI is InChI=1S/C25H30N2O4/c1-17-5-4-6-18(2)25(17)27-11-9-26(10-12-27)15-20(28)16-30-21-7-8-22-19(3)13-24(29)31-23(22)14-21/h4-8,13-14,20,28H,9-12,15-16H2,1-3H3. The molecule has 0 bridgehead atoms. The van der Waals surface area contributed by atoms with Crippen molar-refractivity contribution >= 4 is 16.7 Å². The number of hydrogen-bond donors (Lipinski definition) is 1. The van der Waals surface area contributed by atoms with Gasteiger partial charge in [-0.05, 0) is 49.6 Å². The van der Waals surface area contributed by atoms with Gasteiger partial charge in [-0.15, -0.1) is 0 Å². The van der Waals surface area contributed by atoms with E-state index in [0.29, 0.717) is 17.9 Å². The van der Waals surface area contributed by atoms with Gasteiger partial charge in [0, 0.05) is 55.9 Å². The molecular formula is C25H30N2O4. The molecular weight excluding hydrogens is 392 g/mol. The number of anilines is 1. The van der Waals surface area contributed by atoms with Gasteiger partial charge in [-0.1, -0.05) is 18.2 Å². The molecule has 1 aromatic heterocycles. The van der Waals surface area contributed by atoms with Crippen LogP contribution in [-0.2, 0) is 0 Å². The van der Waals surface area contributed by atoms with Gasteiger partial charge in [0.15, 0.2) is 0 Å². The van der Waals surface area contributed by atoms with E-state index in [1.807, 2.05) is 19.1 Å². The molecule has 2 aromatic carbocycles. The third-order valence-corrected chi connectivity index (χ3v) is 5.96. The van der Waals surface area contributed by atoms with Crippen LogP contribution in [0.4, 0.5) is 5.69 Å². The van der Waals surface area contributed by atoms with Crippen LogP contribution < -0.4 is 15.3 Å². The fourth-order valence-electron chi connectivity index (χ4n) is 4.40. The van der Waals surface area contributed by atoms with Gasteiger partial charge in [-0.2, -0.15) is 0 Å². The summed E-state index contributed by atoms with van der Waals surface area (Å²) in [6, 6.07) is 13.3. The second-order valence-corrected chi connectivity index (χ2v) is 8.40. The van der Waals surface area contributed by atoms with Gasteiger partial charge in [-0.25, -0.2) is 4.79 Å². The Morgan fingerprint density at radius 3 is 2.42 bits per heavy atom. The highest BCUT2D eigenvalue weighted by Gasteiger charge is 2.21. The van der Waals surface area contributed by atoms with Crippen molar-refractivity contribution in [3.05, 3.63) is 69.6 Å². The molecule has 164 valence electrons. The Bertz CT molecular complexity index is 1100. The van der Waals surface area contributed by atoms with Crippen LogP contribution >= 0.6 is 0 Å². The fourth-order valence-corrected chi connectivity index (χ4v) is 4.40. The highest BCUT2D eigenvalue weighted by Crippen LogP contribution is 2.26. The van der Waals surface area contributed by atoms with Crippen molar-refractivity contribution < 1.29 is 14.3 Å². The van der Waals surface area contributed by atoms with E-state index in [9.17, 15) is 9.90 Å². The molecule has 0 saturated carbocycles. The zero-order valence-corrected chi connectivity index (χ0v) is 18.4. The second kappa shape index (κ2) is 9.12. The zero-order valence-electron chi connectivity index (χ0n) is 18.4. The number of β-amino-alcohol motifs (C(OH)–C–C–N with tert-alkyl or cyclic N) is 1. The summed E-state index contributed by atoms with van der Waals surface area (Å²) in [7, 11) is 0. The molecule has 0 radical (unpaired) electrons. The number of para-hydroxylation sites is 1. The molecule has 1 aliphatic heterocycles. The van der Waals surface area contributed by atoms with E-state index in [1.54, 1.807) is 6.07 Å². The van der Waals surface area contributed by atoms with Crippen LogP contribution in [0.3, 0.4) is 0 Å². The maximum Gasteiger partial charge on any atom is 0.336 e. The number of ether oxygens (including phenoxy) is 1. The molecule has 1 fully saturated rings. The van der Waals surface area contributed by atoms with Gasteiger partial charge in [0.1, 0.15) is 24.0 Å². The first-order chi connectivity index (χ1) is 14.9. The van der Waals surface area contributed by atoms with Crippen LogP contribution in [-0.4, -0.2) is 55.4 Å². The number of piperazine rings is 1. The summed E-state index contributed by atoms with van der Waals surface area (Å²) >= 11 is 0. The lowest BCUT2D eigenvalue weighted by Crippen LogP contribution is -2.49. The van der Waals surface area contributed by atoms with E-state index in [-0.39, 0.29) is 12.2 Å². The average molecular weight is 423 g/mol. The van der Waals surface area contributed by atoms with Gasteiger partial charge in [0.2, 0.25) is 0 Å². The van der Waals surface area contributed by atoms with Crippen molar-refractivity contribution in [1.82, 2.24) is 4.90 Å². The lowest BCUT2D eigenvalue weighted by atomic mass is 10.1. The number of hydrogen-bond acceptors (Lipinski definition) is 6. The smallest absolute Gasteiger partial charge is 0.336 e. The molecule has 0 amide bonds. The van der Waals surface area contributed by atoms with E-state index in [0.717, 1.165) is 37.1 Å². The number of fused-ring (bicyclic) bond motifs is 1. The summed E-state index contributed by atoms with van der Waals surface area (Å²) < 4.78 is 11.0. The quantitative estimate of drug-likeness (QED) is 0.615. The SMILES string of the molecule is Cc1cccc(C)c1N1CCN(CC(O)COc2ccc3c(C)cc(=O)oc3c2)CC1. The van der Waals surface area contributed by atoms with Crippen LogP contribution in [0.15, 0.2) is 51.7 Å². The van der Waals surface area contributed by atoms with Crippen LogP contribution in [0.5, 0.6) is 5.75 Å². The Balaban J connectivity index is 1.29. The molecule has 0 aliphatic carbocycles. The van der Waals surface area contributed by atoms with Crippen molar-refractivity contribution in [3.8, 4) is 5.75 Å². The first kappa shape index (κ1) is 21.4. The minimum absolute atomic E-state index is 0.193. The van der Waals surface area contributed by atoms with Crippen LogP contribution in [0.25, 0.3) is 11.0 Å². The summed E-state index contributed by atoms with van der Waals surface area (Å²) in [5, 5.41) is 11.4. The lowest BCUT2D eigenvalue weighted by molar-refractivity contribution is 0.0663. The predicted octanol–water partition coefficient (Wildman–Crippen LogP) is 3.28. The summed E-state index contributed by atoms with van der Waals surface area (Å²) in [5.41, 5.74) is 4.95. The first-order valence-corrected chi connectivity index (χ1v) is 10.8. The summed E-state index contributed by atoms with van der Waals surface area (Å²) in [4.78, 5) is 16.3. The molecule has 6 nitrogen and oxygen atoms in total. The number of rotatable bonds is 6. The fraction of sp³-hybridized carbons (Fsp3) is 0.400. The number of aliphatic hydroxyl groups excluding tert-OH is 1. The van der Waals surface area contributed by atoms with Gasteiger partial charge >= 0.3 is 5.63 Å². The summed E-state index contributed by atoms with van der Waals surface area (Å²) in [6.07, 6.45) is -0.591. The van der Waals surface area contributed by atoms with Crippen LogP contribution in [0.1, 0.15) is 16.7 Å². The lowest BCUT2D eigenvalue weighted by Gasteiger charge is -2.38. The Morgan fingerprint density at radius 1 is 1.00 bits per heavy atom. The van der Waals surface area contributed by atoms with Gasteiger partial charge < -0.3 is 19.2 Å². The normalized spacial score (nSPS) is 15.9. The van der Waals surface area contributed by atoms with Crippen molar-refractivity contribution in [2.45, 2.75) is 26.9 Å². The average Bonchev–Trinajstić information content (AvgIpc) is 2.73. The molecule has 1 unspecified atom stereocenters. The third-order valence-electron chi connectivity index (χ3n) is 5.96. The minimum atomic E-state index is -0.591. The molecule has 2 heterocycles. The molecule has 0 spiro atoms. The van der Waals surface area contributed by atoms with Crippen molar-refractivity contribution in [2.24, 2.45) is 0 Å². The maximum atomic E-state index is 11.6. The molecule has 3 aromatic rings. The third kappa shape index (κ3) is 4.92. The Morgan fingerprint density at radius 2 is 1.71 bits per heavy atom. The predicted molar refractivity (Wildman–Crippen MR) is 123 cm³/mol. The largest absolute Gasteiger partial charge is 0.491 e. The van der Waals surface area contributed by atoms with Crippen molar-refractivity contribution in [2.75, 3.05) is 44.2 Å². The Hall–Kier alpha value is -2.83. The maximum absolute atomic E-state index is 11.6. The summed E-state index contributed by atoms with van der Waals surface area (Å²) in [5.74, 6) is 0.583. The monoisotopic (exact) mass is 422 g/mol. The first-order valence-electron chi connectivity index (χ1n) is 10.8. The molecule has 1 atom stereocenters. The minimum Gasteiger partial charge on any atom is -0.491 e. The number of aliphatic hydroxyl groups is 1. The molecule has 31 heavy (non-hydrogen) atoms. The molecule has 1 aliphatic rings. The van der Waals surface area contributed by atoms with E-state index in [2.05, 4.69) is 41.8 Å². The van der Waals surface area contributed by atoms with E-state index in [1.165, 1.54) is 22.9 Å². The van der Waals surface area contributed by atoms with Gasteiger partial charge in [0.05, 0.1) is 0 Å². The Labute approximate surface area is 182 Å². The zero-order chi connectivity index (χ0) is 22.0. The molecule has 1 N–H and O–H groups in total. The van der Waals surface area contributed by atoms with Crippen LogP contribution in [0, 0.1) is 20.8 Å². The second-order valence-electron chi connectivity index (χ2n) is 8.40. The highest BCUT2D eigenvalue weighted by atomic mass is 16.5. The van der Waals surface area contributed by atoms with Crippen LogP contribution in [0.2, 0.25) is 0 Å². The molecule has 4 rings (SSSR count). The number of nitrogens with zero attached hydrogens (tertiary/aromatic N) is 2. The molecule has 1 saturated heterocycles. The van der Waals surface area contributed by atoms with Crippen molar-refractivity contribution in [1.29, 1.82) is 0 Å². The molecule has 6 heteroatoms. The van der Waals surface area contributed by atoms with E-state index >= 15 is 0 Å². The van der Waals surface area contributed by atoms with Gasteiger partial charge in [-0.3, -0.25) is 4.90 Å². The highest BCUT2D eigenvalue weighted by molar-refractivity contribution is 5.81. The Kier molecular flexibility index (Phi) is 6.30. The van der Waals surface area contributed by atoms with Crippen molar-refractivity contribution in [3.63, 3.8) is 0 Å². The topological polar surface area (TPSA) is 66.2 Å². The van der Waals surface area contributed by atoms with E-state index < -0.39 is 6.10 Å². The van der Waals surface area contributed by atoms with Gasteiger partial charge in [0.25, 0.3) is 0 Å².